The fourth-order valence-corrected chi connectivity index (χ4v) is 7.96. The lowest BCUT2D eigenvalue weighted by molar-refractivity contribution is -0.143. The van der Waals surface area contributed by atoms with Gasteiger partial charge in [0.25, 0.3) is 0 Å². The van der Waals surface area contributed by atoms with E-state index >= 15 is 0 Å². The summed E-state index contributed by atoms with van der Waals surface area (Å²) in [5, 5.41) is 1.07. The highest BCUT2D eigenvalue weighted by Crippen LogP contribution is 2.45. The summed E-state index contributed by atoms with van der Waals surface area (Å²) in [7, 11) is 1.35. The van der Waals surface area contributed by atoms with E-state index in [1.165, 1.54) is 49.6 Å². The number of unbranched alkanes of at least 4 members (excludes halogenated alkanes) is 1. The third kappa shape index (κ3) is 15.6. The van der Waals surface area contributed by atoms with Gasteiger partial charge in [0.05, 0.1) is 32.3 Å². The van der Waals surface area contributed by atoms with Gasteiger partial charge in [0, 0.05) is 18.5 Å². The lowest BCUT2D eigenvalue weighted by Crippen LogP contribution is -2.24. The Balaban J connectivity index is 0.000000293. The number of methoxy groups -OCH3 is 1. The summed E-state index contributed by atoms with van der Waals surface area (Å²) >= 11 is 0. The van der Waals surface area contributed by atoms with Gasteiger partial charge in [-0.1, -0.05) is 56.3 Å². The fourth-order valence-electron chi connectivity index (χ4n) is 7.96. The van der Waals surface area contributed by atoms with Crippen molar-refractivity contribution < 1.29 is 59.7 Å². The van der Waals surface area contributed by atoms with Crippen LogP contribution >= 0.6 is 12.4 Å². The zero-order valence-corrected chi connectivity index (χ0v) is 37.2. The Morgan fingerprint density at radius 3 is 1.60 bits per heavy atom. The Hall–Kier alpha value is -4.56. The second-order valence-electron chi connectivity index (χ2n) is 16.1. The fraction of sp³-hybridized carbons (Fsp3) is 0.521. The van der Waals surface area contributed by atoms with Gasteiger partial charge in [-0.25, -0.2) is 0 Å². The molecule has 348 valence electrons. The van der Waals surface area contributed by atoms with E-state index in [2.05, 4.69) is 18.6 Å². The molecule has 0 radical (unpaired) electrons. The first kappa shape index (κ1) is 52.8. The summed E-state index contributed by atoms with van der Waals surface area (Å²) in [6, 6.07) is 15.5. The predicted octanol–water partition coefficient (Wildman–Crippen LogP) is 12.7. The molecular formula is C48H60ClF6NO7. The van der Waals surface area contributed by atoms with Crippen LogP contribution in [0.15, 0.2) is 60.7 Å². The first-order valence-electron chi connectivity index (χ1n) is 21.5. The van der Waals surface area contributed by atoms with Gasteiger partial charge < -0.3 is 24.7 Å². The molecule has 2 aliphatic rings. The van der Waals surface area contributed by atoms with E-state index < -0.39 is 23.5 Å². The van der Waals surface area contributed by atoms with E-state index in [1.807, 2.05) is 6.07 Å². The summed E-state index contributed by atoms with van der Waals surface area (Å²) in [5.74, 6) is 0.501. The molecule has 0 bridgehead atoms. The number of hydrogen-bond acceptors (Lipinski definition) is 8. The molecule has 6 rings (SSSR count). The van der Waals surface area contributed by atoms with Gasteiger partial charge in [-0.2, -0.15) is 26.3 Å². The van der Waals surface area contributed by atoms with Gasteiger partial charge >= 0.3 is 24.3 Å². The largest absolute Gasteiger partial charge is 0.490 e. The Morgan fingerprint density at radius 1 is 0.667 bits per heavy atom. The summed E-state index contributed by atoms with van der Waals surface area (Å²) in [5.41, 5.74) is 4.63. The van der Waals surface area contributed by atoms with Gasteiger partial charge in [0.2, 0.25) is 0 Å². The van der Waals surface area contributed by atoms with Crippen molar-refractivity contribution in [3.8, 4) is 11.5 Å². The maximum atomic E-state index is 14.1. The lowest BCUT2D eigenvalue weighted by Gasteiger charge is -2.28. The highest BCUT2D eigenvalue weighted by molar-refractivity contribution is 6.00. The summed E-state index contributed by atoms with van der Waals surface area (Å²) < 4.78 is 104. The van der Waals surface area contributed by atoms with Crippen molar-refractivity contribution in [2.75, 3.05) is 20.3 Å². The van der Waals surface area contributed by atoms with E-state index in [4.69, 9.17) is 19.9 Å². The Morgan fingerprint density at radius 2 is 1.16 bits per heavy atom. The highest BCUT2D eigenvalue weighted by Gasteiger charge is 2.39. The number of fused-ring (bicyclic) bond motifs is 2. The van der Waals surface area contributed by atoms with Gasteiger partial charge in [0.15, 0.2) is 6.29 Å². The molecule has 2 fully saturated rings. The number of carbonyl (C=O) groups is 3. The van der Waals surface area contributed by atoms with Crippen LogP contribution in [0.3, 0.4) is 0 Å². The first-order chi connectivity index (χ1) is 29.5. The van der Waals surface area contributed by atoms with Crippen LogP contribution in [0.1, 0.15) is 125 Å². The van der Waals surface area contributed by atoms with Crippen molar-refractivity contribution in [3.63, 3.8) is 0 Å². The van der Waals surface area contributed by atoms with Crippen LogP contribution in [-0.2, 0) is 37.8 Å². The molecule has 8 nitrogen and oxygen atoms in total. The second kappa shape index (κ2) is 25.1. The third-order valence-corrected chi connectivity index (χ3v) is 11.3. The van der Waals surface area contributed by atoms with Crippen molar-refractivity contribution >= 4 is 52.2 Å². The van der Waals surface area contributed by atoms with Crippen molar-refractivity contribution in [3.05, 3.63) is 82.9 Å². The van der Waals surface area contributed by atoms with Crippen LogP contribution in [0.25, 0.3) is 21.5 Å². The molecule has 0 atom stereocenters. The molecule has 63 heavy (non-hydrogen) atoms. The maximum absolute atomic E-state index is 14.1. The number of rotatable bonds is 13. The van der Waals surface area contributed by atoms with Crippen LogP contribution < -0.4 is 15.2 Å². The van der Waals surface area contributed by atoms with Crippen LogP contribution in [0.2, 0.25) is 0 Å². The number of esters is 2. The molecule has 15 heteroatoms. The average Bonchev–Trinajstić information content (AvgIpc) is 3.23. The van der Waals surface area contributed by atoms with Crippen LogP contribution in [-0.4, -0.2) is 50.7 Å². The lowest BCUT2D eigenvalue weighted by atomic mass is 9.89. The van der Waals surface area contributed by atoms with Crippen molar-refractivity contribution in [2.45, 2.75) is 129 Å². The molecule has 2 saturated carbocycles. The number of hydrogen-bond donors (Lipinski definition) is 1. The number of nitrogens with two attached hydrogens (primary N) is 1. The van der Waals surface area contributed by atoms with Crippen LogP contribution in [0, 0.1) is 11.8 Å². The second-order valence-corrected chi connectivity index (χ2v) is 16.1. The number of alkyl halides is 6. The average molecular weight is 912 g/mol. The van der Waals surface area contributed by atoms with E-state index in [-0.39, 0.29) is 64.4 Å². The molecule has 0 aliphatic heterocycles. The molecule has 0 spiro atoms. The summed E-state index contributed by atoms with van der Waals surface area (Å²) in [6.07, 6.45) is 0.785. The third-order valence-electron chi connectivity index (χ3n) is 11.3. The molecule has 0 unspecified atom stereocenters. The van der Waals surface area contributed by atoms with Crippen molar-refractivity contribution in [1.29, 1.82) is 0 Å². The molecule has 0 amide bonds. The summed E-state index contributed by atoms with van der Waals surface area (Å²) in [4.78, 5) is 32.7. The zero-order chi connectivity index (χ0) is 45.5. The smallest absolute Gasteiger partial charge is 0.420 e. The molecule has 0 heterocycles. The number of carbonyl (C=O) groups excluding carboxylic acids is 3. The van der Waals surface area contributed by atoms with Crippen molar-refractivity contribution in [1.82, 2.24) is 0 Å². The number of benzene rings is 4. The predicted molar refractivity (Wildman–Crippen MR) is 235 cm³/mol. The molecule has 2 aliphatic carbocycles. The minimum atomic E-state index is -4.54. The Kier molecular flexibility index (Phi) is 21.0. The topological polar surface area (TPSA) is 114 Å². The minimum absolute atomic E-state index is 0. The Bertz CT molecular complexity index is 2080. The van der Waals surface area contributed by atoms with E-state index in [0.29, 0.717) is 74.2 Å². The van der Waals surface area contributed by atoms with Crippen LogP contribution in [0.5, 0.6) is 11.5 Å². The van der Waals surface area contributed by atoms with E-state index in [1.54, 1.807) is 19.1 Å². The standard InChI is InChI=1S/C25H31F3O3.C19H19F3O2.C4H9NO2.ClH/c1-3-30-23(29)10-5-4-7-18-8-6-9-21-20(18)15-16-22(24(21)25(26,27)28)31-19-13-11-17(2)12-14-19;1-12-5-7-14(8-6-12)24-17-10-9-15-13(11-23)3-2-4-16(15)18(17)19(20,21)22;1-7-4(6)2-3-5;/h6,8-9,15-17,19H,3-5,7,10-14H2,1-2H3;2-4,9-12,14H,5-8H2,1H3;2-3,5H2,1H3;1H. The van der Waals surface area contributed by atoms with E-state index in [0.717, 1.165) is 56.9 Å². The number of ether oxygens (including phenoxy) is 4. The molecule has 4 aromatic carbocycles. The van der Waals surface area contributed by atoms with Crippen molar-refractivity contribution in [2.24, 2.45) is 17.6 Å². The maximum Gasteiger partial charge on any atom is 0.420 e. The van der Waals surface area contributed by atoms with Gasteiger partial charge in [-0.05, 0) is 135 Å². The molecule has 4 aromatic rings. The minimum Gasteiger partial charge on any atom is -0.490 e. The van der Waals surface area contributed by atoms with Crippen LogP contribution in [0.4, 0.5) is 26.3 Å². The van der Waals surface area contributed by atoms with Gasteiger partial charge in [0.1, 0.15) is 22.6 Å². The molecule has 2 N–H and O–H groups in total. The van der Waals surface area contributed by atoms with Gasteiger partial charge in [-0.15, -0.1) is 12.4 Å². The zero-order valence-electron chi connectivity index (χ0n) is 36.4. The first-order valence-corrected chi connectivity index (χ1v) is 21.5. The quantitative estimate of drug-likeness (QED) is 0.0610. The monoisotopic (exact) mass is 911 g/mol. The molecular weight excluding hydrogens is 852 g/mol. The highest BCUT2D eigenvalue weighted by atomic mass is 35.5. The molecule has 0 aromatic heterocycles. The number of aryl methyl sites for hydroxylation is 1. The Labute approximate surface area is 371 Å². The number of halogens is 7. The normalized spacial score (nSPS) is 18.7. The van der Waals surface area contributed by atoms with E-state index in [9.17, 15) is 40.7 Å². The molecule has 0 saturated heterocycles. The number of aldehydes is 1. The summed E-state index contributed by atoms with van der Waals surface area (Å²) in [6.45, 7) is 6.80. The van der Waals surface area contributed by atoms with Gasteiger partial charge in [-0.3, -0.25) is 14.4 Å². The SMILES string of the molecule is CC1CCC(Oc2ccc3c(C=O)cccc3c2C(F)(F)F)CC1.CCOC(=O)CCCCc1cccc2c(C(F)(F)F)c(OC3CCC(C)CC3)ccc12.COC(=O)CCN.Cl.